The van der Waals surface area contributed by atoms with Gasteiger partial charge in [-0.05, 0) is 80.1 Å². The molecule has 0 saturated heterocycles. The molecule has 2 aromatic heterocycles. The molecule has 0 amide bonds. The van der Waals surface area contributed by atoms with E-state index < -0.39 is 0 Å². The second-order valence-corrected chi connectivity index (χ2v) is 11.0. The summed E-state index contributed by atoms with van der Waals surface area (Å²) in [5.74, 6) is 0.584. The van der Waals surface area contributed by atoms with E-state index in [9.17, 15) is 0 Å². The van der Waals surface area contributed by atoms with E-state index in [2.05, 4.69) is 136 Å². The van der Waals surface area contributed by atoms with Crippen LogP contribution in [0.4, 0.5) is 0 Å². The van der Waals surface area contributed by atoms with Crippen molar-refractivity contribution >= 4 is 32.7 Å². The molecular formula is C35H35N2+. The molecule has 6 aromatic rings. The average Bonchev–Trinajstić information content (AvgIpc) is 3.22. The Morgan fingerprint density at radius 2 is 1.38 bits per heavy atom. The molecule has 0 spiro atoms. The van der Waals surface area contributed by atoms with Gasteiger partial charge in [0.25, 0.3) is 0 Å². The molecule has 0 aliphatic heterocycles. The Morgan fingerprint density at radius 1 is 0.730 bits per heavy atom. The van der Waals surface area contributed by atoms with Crippen molar-refractivity contribution in [3.05, 3.63) is 107 Å². The molecule has 184 valence electrons. The minimum atomic E-state index is 0.584. The Hall–Kier alpha value is -3.91. The first-order chi connectivity index (χ1) is 17.8. The molecule has 6 rings (SSSR count). The van der Waals surface area contributed by atoms with Gasteiger partial charge >= 0.3 is 0 Å². The Morgan fingerprint density at radius 3 is 2.03 bits per heavy atom. The quantitative estimate of drug-likeness (QED) is 0.222. The number of para-hydroxylation sites is 2. The summed E-state index contributed by atoms with van der Waals surface area (Å²) in [6.45, 7) is 11.3. The standard InChI is InChI=1S/C35H35N2/c1-22(2)17-26-20-34(31-19-23(3)18-24(4)25(31)5)36(6)35-21-27(15-16-28(26)35)37-32-13-9-7-11-29(32)30-12-8-10-14-33(30)37/h7-16,18-22H,17H2,1-6H3/q+1. The van der Waals surface area contributed by atoms with Gasteiger partial charge in [0, 0.05) is 33.9 Å². The molecular weight excluding hydrogens is 448 g/mol. The van der Waals surface area contributed by atoms with Crippen molar-refractivity contribution in [2.45, 2.75) is 41.0 Å². The molecule has 0 radical (unpaired) electrons. The Bertz CT molecular complexity index is 1760. The molecule has 0 bridgehead atoms. The minimum absolute atomic E-state index is 0.584. The van der Waals surface area contributed by atoms with Crippen molar-refractivity contribution in [3.63, 3.8) is 0 Å². The van der Waals surface area contributed by atoms with Crippen molar-refractivity contribution in [3.8, 4) is 16.9 Å². The third-order valence-corrected chi connectivity index (χ3v) is 7.92. The molecule has 0 unspecified atom stereocenters. The van der Waals surface area contributed by atoms with Gasteiger partial charge in [0.1, 0.15) is 7.05 Å². The number of pyridine rings is 1. The van der Waals surface area contributed by atoms with Crippen LogP contribution in [0.1, 0.15) is 36.1 Å². The van der Waals surface area contributed by atoms with Crippen LogP contribution in [0.25, 0.3) is 49.7 Å². The summed E-state index contributed by atoms with van der Waals surface area (Å²) in [6.07, 6.45) is 1.06. The van der Waals surface area contributed by atoms with Crippen molar-refractivity contribution in [1.82, 2.24) is 4.57 Å². The monoisotopic (exact) mass is 483 g/mol. The molecule has 0 aliphatic rings. The smallest absolute Gasteiger partial charge is 0.215 e. The van der Waals surface area contributed by atoms with E-state index >= 15 is 0 Å². The molecule has 0 atom stereocenters. The number of nitrogens with zero attached hydrogens (tertiary/aromatic N) is 2. The summed E-state index contributed by atoms with van der Waals surface area (Å²) < 4.78 is 4.82. The SMILES string of the molecule is Cc1cc(C)c(C)c(-c2cc(CC(C)C)c3ccc(-n4c5ccccc5c5ccccc54)cc3[n+]2C)c1. The molecule has 0 saturated carbocycles. The van der Waals surface area contributed by atoms with Crippen LogP contribution in [0, 0.1) is 26.7 Å². The van der Waals surface area contributed by atoms with Gasteiger partial charge < -0.3 is 4.57 Å². The van der Waals surface area contributed by atoms with E-state index in [4.69, 9.17) is 0 Å². The van der Waals surface area contributed by atoms with E-state index in [1.165, 1.54) is 71.9 Å². The summed E-state index contributed by atoms with van der Waals surface area (Å²) in [5, 5.41) is 3.93. The van der Waals surface area contributed by atoms with Crippen LogP contribution in [0.3, 0.4) is 0 Å². The van der Waals surface area contributed by atoms with E-state index in [0.717, 1.165) is 6.42 Å². The Labute approximate surface area is 219 Å². The fourth-order valence-electron chi connectivity index (χ4n) is 6.05. The number of aryl methyl sites for hydroxylation is 3. The van der Waals surface area contributed by atoms with E-state index in [0.29, 0.717) is 5.92 Å². The van der Waals surface area contributed by atoms with Crippen LogP contribution in [0.5, 0.6) is 0 Å². The van der Waals surface area contributed by atoms with Crippen LogP contribution < -0.4 is 4.57 Å². The summed E-state index contributed by atoms with van der Waals surface area (Å²) in [5.41, 5.74) is 13.0. The highest BCUT2D eigenvalue weighted by Crippen LogP contribution is 2.34. The van der Waals surface area contributed by atoms with Gasteiger partial charge in [-0.25, -0.2) is 0 Å². The maximum Gasteiger partial charge on any atom is 0.215 e. The predicted octanol–water partition coefficient (Wildman–Crippen LogP) is 8.55. The van der Waals surface area contributed by atoms with Crippen LogP contribution in [-0.4, -0.2) is 4.57 Å². The second kappa shape index (κ2) is 8.88. The number of hydrogen-bond donors (Lipinski definition) is 0. The lowest BCUT2D eigenvalue weighted by molar-refractivity contribution is -0.633. The predicted molar refractivity (Wildman–Crippen MR) is 158 cm³/mol. The lowest BCUT2D eigenvalue weighted by atomic mass is 9.93. The van der Waals surface area contributed by atoms with Crippen LogP contribution >= 0.6 is 0 Å². The molecule has 0 fully saturated rings. The highest BCUT2D eigenvalue weighted by molar-refractivity contribution is 6.09. The zero-order valence-electron chi connectivity index (χ0n) is 22.8. The molecule has 2 heterocycles. The fraction of sp³-hybridized carbons (Fsp3) is 0.229. The topological polar surface area (TPSA) is 8.81 Å². The highest BCUT2D eigenvalue weighted by Gasteiger charge is 2.22. The summed E-state index contributed by atoms with van der Waals surface area (Å²) in [6, 6.07) is 31.6. The van der Waals surface area contributed by atoms with Crippen LogP contribution in [0.15, 0.2) is 84.9 Å². The van der Waals surface area contributed by atoms with Gasteiger partial charge in [0.2, 0.25) is 11.2 Å². The number of rotatable bonds is 4. The van der Waals surface area contributed by atoms with Gasteiger partial charge in [0.05, 0.1) is 16.7 Å². The third-order valence-electron chi connectivity index (χ3n) is 7.92. The lowest BCUT2D eigenvalue weighted by Gasteiger charge is -2.15. The number of aromatic nitrogens is 2. The minimum Gasteiger partial charge on any atom is -0.309 e. The van der Waals surface area contributed by atoms with Gasteiger partial charge in [0.15, 0.2) is 0 Å². The van der Waals surface area contributed by atoms with Crippen molar-refractivity contribution in [1.29, 1.82) is 0 Å². The van der Waals surface area contributed by atoms with Gasteiger partial charge in [-0.15, -0.1) is 0 Å². The Balaban J connectivity index is 1.68. The number of hydrogen-bond acceptors (Lipinski definition) is 0. The summed E-state index contributed by atoms with van der Waals surface area (Å²) in [7, 11) is 2.23. The molecule has 4 aromatic carbocycles. The molecule has 37 heavy (non-hydrogen) atoms. The van der Waals surface area contributed by atoms with Crippen LogP contribution in [0.2, 0.25) is 0 Å². The summed E-state index contributed by atoms with van der Waals surface area (Å²) >= 11 is 0. The van der Waals surface area contributed by atoms with Gasteiger partial charge in [-0.3, -0.25) is 0 Å². The average molecular weight is 484 g/mol. The van der Waals surface area contributed by atoms with E-state index in [1.807, 2.05) is 0 Å². The molecule has 0 aliphatic carbocycles. The highest BCUT2D eigenvalue weighted by atomic mass is 15.0. The number of benzene rings is 4. The largest absolute Gasteiger partial charge is 0.309 e. The number of fused-ring (bicyclic) bond motifs is 4. The maximum atomic E-state index is 2.43. The summed E-state index contributed by atoms with van der Waals surface area (Å²) in [4.78, 5) is 0. The third kappa shape index (κ3) is 3.83. The van der Waals surface area contributed by atoms with E-state index in [1.54, 1.807) is 0 Å². The van der Waals surface area contributed by atoms with Gasteiger partial charge in [-0.1, -0.05) is 61.9 Å². The second-order valence-electron chi connectivity index (χ2n) is 11.0. The van der Waals surface area contributed by atoms with Crippen LogP contribution in [-0.2, 0) is 13.5 Å². The zero-order valence-corrected chi connectivity index (χ0v) is 22.8. The first-order valence-corrected chi connectivity index (χ1v) is 13.4. The maximum absolute atomic E-state index is 2.43. The lowest BCUT2D eigenvalue weighted by Crippen LogP contribution is -2.33. The first kappa shape index (κ1) is 23.5. The molecule has 2 heteroatoms. The Kier molecular flexibility index (Phi) is 5.64. The van der Waals surface area contributed by atoms with Crippen molar-refractivity contribution < 1.29 is 4.57 Å². The normalized spacial score (nSPS) is 11.9. The van der Waals surface area contributed by atoms with Crippen molar-refractivity contribution in [2.24, 2.45) is 13.0 Å². The van der Waals surface area contributed by atoms with Gasteiger partial charge in [-0.2, -0.15) is 4.57 Å². The fourth-order valence-corrected chi connectivity index (χ4v) is 6.05. The zero-order chi connectivity index (χ0) is 25.8. The van der Waals surface area contributed by atoms with Crippen molar-refractivity contribution in [2.75, 3.05) is 0 Å². The van der Waals surface area contributed by atoms with E-state index in [-0.39, 0.29) is 0 Å². The molecule has 2 nitrogen and oxygen atoms in total. The first-order valence-electron chi connectivity index (χ1n) is 13.4. The molecule has 0 N–H and O–H groups in total.